The van der Waals surface area contributed by atoms with Crippen LogP contribution in [0.5, 0.6) is 0 Å². The Morgan fingerprint density at radius 3 is 2.53 bits per heavy atom. The maximum atomic E-state index is 12.6. The SMILES string of the molecule is O=C(Cc1ccc(F)cc1)c1ccc[nH]1. The molecule has 1 N–H and O–H groups in total. The first-order chi connectivity index (χ1) is 7.25. The molecular formula is C12H10FNO. The second kappa shape index (κ2) is 4.09. The normalized spacial score (nSPS) is 10.2. The fraction of sp³-hybridized carbons (Fsp3) is 0.0833. The van der Waals surface area contributed by atoms with E-state index in [0.29, 0.717) is 12.1 Å². The number of H-pyrrole nitrogens is 1. The van der Waals surface area contributed by atoms with Crippen molar-refractivity contribution in [3.05, 3.63) is 59.7 Å². The monoisotopic (exact) mass is 203 g/mol. The Bertz CT molecular complexity index is 445. The summed E-state index contributed by atoms with van der Waals surface area (Å²) in [5, 5.41) is 0. The average Bonchev–Trinajstić information content (AvgIpc) is 2.74. The van der Waals surface area contributed by atoms with Crippen molar-refractivity contribution in [1.82, 2.24) is 4.98 Å². The second-order valence-electron chi connectivity index (χ2n) is 3.31. The molecule has 0 fully saturated rings. The Kier molecular flexibility index (Phi) is 2.63. The van der Waals surface area contributed by atoms with Crippen molar-refractivity contribution in [3.8, 4) is 0 Å². The van der Waals surface area contributed by atoms with Crippen LogP contribution in [0.15, 0.2) is 42.6 Å². The molecule has 15 heavy (non-hydrogen) atoms. The molecule has 0 amide bonds. The van der Waals surface area contributed by atoms with Gasteiger partial charge in [0, 0.05) is 12.6 Å². The summed E-state index contributed by atoms with van der Waals surface area (Å²) < 4.78 is 12.6. The van der Waals surface area contributed by atoms with Crippen LogP contribution >= 0.6 is 0 Å². The van der Waals surface area contributed by atoms with E-state index in [1.54, 1.807) is 30.5 Å². The number of nitrogens with one attached hydrogen (secondary N) is 1. The van der Waals surface area contributed by atoms with Crippen LogP contribution in [-0.2, 0) is 6.42 Å². The van der Waals surface area contributed by atoms with Crippen molar-refractivity contribution >= 4 is 5.78 Å². The number of aromatic amines is 1. The van der Waals surface area contributed by atoms with Crippen molar-refractivity contribution in [2.45, 2.75) is 6.42 Å². The molecule has 0 aliphatic heterocycles. The highest BCUT2D eigenvalue weighted by Crippen LogP contribution is 2.07. The van der Waals surface area contributed by atoms with Crippen molar-refractivity contribution in [1.29, 1.82) is 0 Å². The third kappa shape index (κ3) is 2.31. The summed E-state index contributed by atoms with van der Waals surface area (Å²) in [5.74, 6) is -0.280. The minimum absolute atomic E-state index is 0.00612. The van der Waals surface area contributed by atoms with Gasteiger partial charge >= 0.3 is 0 Å². The molecule has 3 heteroatoms. The van der Waals surface area contributed by atoms with E-state index in [1.165, 1.54) is 12.1 Å². The number of ketones is 1. The predicted molar refractivity (Wildman–Crippen MR) is 55.2 cm³/mol. The fourth-order valence-electron chi connectivity index (χ4n) is 1.39. The van der Waals surface area contributed by atoms with E-state index >= 15 is 0 Å². The molecule has 0 aliphatic rings. The zero-order valence-corrected chi connectivity index (χ0v) is 8.03. The molecule has 0 saturated heterocycles. The summed E-state index contributed by atoms with van der Waals surface area (Å²) in [7, 11) is 0. The quantitative estimate of drug-likeness (QED) is 0.764. The van der Waals surface area contributed by atoms with Gasteiger partial charge in [-0.25, -0.2) is 4.39 Å². The van der Waals surface area contributed by atoms with Crippen LogP contribution in [-0.4, -0.2) is 10.8 Å². The summed E-state index contributed by atoms with van der Waals surface area (Å²) in [6, 6.07) is 9.46. The van der Waals surface area contributed by atoms with Crippen molar-refractivity contribution < 1.29 is 9.18 Å². The lowest BCUT2D eigenvalue weighted by Gasteiger charge is -1.99. The lowest BCUT2D eigenvalue weighted by Crippen LogP contribution is -2.03. The first-order valence-electron chi connectivity index (χ1n) is 4.67. The van der Waals surface area contributed by atoms with Crippen LogP contribution in [0.1, 0.15) is 16.1 Å². The zero-order chi connectivity index (χ0) is 10.7. The first kappa shape index (κ1) is 9.65. The van der Waals surface area contributed by atoms with Gasteiger partial charge < -0.3 is 4.98 Å². The number of carbonyl (C=O) groups is 1. The van der Waals surface area contributed by atoms with Gasteiger partial charge in [-0.2, -0.15) is 0 Å². The van der Waals surface area contributed by atoms with E-state index in [1.807, 2.05) is 0 Å². The molecule has 2 nitrogen and oxygen atoms in total. The van der Waals surface area contributed by atoms with Gasteiger partial charge in [-0.3, -0.25) is 4.79 Å². The number of Topliss-reactive ketones (excluding diaryl/α,β-unsaturated/α-hetero) is 1. The zero-order valence-electron chi connectivity index (χ0n) is 8.03. The number of carbonyl (C=O) groups excluding carboxylic acids is 1. The highest BCUT2D eigenvalue weighted by atomic mass is 19.1. The van der Waals surface area contributed by atoms with Gasteiger partial charge in [0.1, 0.15) is 5.82 Å². The van der Waals surface area contributed by atoms with Crippen molar-refractivity contribution in [2.75, 3.05) is 0 Å². The number of hydrogen-bond acceptors (Lipinski definition) is 1. The summed E-state index contributed by atoms with van der Waals surface area (Å²) in [4.78, 5) is 14.5. The van der Waals surface area contributed by atoms with Gasteiger partial charge in [-0.1, -0.05) is 12.1 Å². The summed E-state index contributed by atoms with van der Waals surface area (Å²) >= 11 is 0. The van der Waals surface area contributed by atoms with E-state index in [0.717, 1.165) is 5.56 Å². The van der Waals surface area contributed by atoms with Crippen LogP contribution in [0.25, 0.3) is 0 Å². The Balaban J connectivity index is 2.09. The highest BCUT2D eigenvalue weighted by molar-refractivity contribution is 5.95. The van der Waals surface area contributed by atoms with Crippen LogP contribution in [0, 0.1) is 5.82 Å². The van der Waals surface area contributed by atoms with Crippen molar-refractivity contribution in [3.63, 3.8) is 0 Å². The van der Waals surface area contributed by atoms with Crippen LogP contribution in [0.2, 0.25) is 0 Å². The third-order valence-electron chi connectivity index (χ3n) is 2.18. The van der Waals surface area contributed by atoms with Crippen LogP contribution in [0.4, 0.5) is 4.39 Å². The van der Waals surface area contributed by atoms with Gasteiger partial charge in [-0.05, 0) is 29.8 Å². The minimum atomic E-state index is -0.286. The molecule has 0 atom stereocenters. The molecule has 2 aromatic rings. The Labute approximate surface area is 86.8 Å². The molecule has 76 valence electrons. The molecule has 0 bridgehead atoms. The lowest BCUT2D eigenvalue weighted by atomic mass is 10.1. The predicted octanol–water partition coefficient (Wildman–Crippen LogP) is 2.58. The molecule has 1 aromatic carbocycles. The molecule has 0 radical (unpaired) electrons. The molecule has 0 saturated carbocycles. The van der Waals surface area contributed by atoms with Gasteiger partial charge in [0.15, 0.2) is 5.78 Å². The Morgan fingerprint density at radius 1 is 1.20 bits per heavy atom. The molecule has 1 heterocycles. The molecule has 0 spiro atoms. The topological polar surface area (TPSA) is 32.9 Å². The maximum Gasteiger partial charge on any atom is 0.183 e. The van der Waals surface area contributed by atoms with E-state index in [2.05, 4.69) is 4.98 Å². The molecule has 2 rings (SSSR count). The number of aromatic nitrogens is 1. The Hall–Kier alpha value is -1.90. The largest absolute Gasteiger partial charge is 0.359 e. The summed E-state index contributed by atoms with van der Waals surface area (Å²) in [6.45, 7) is 0. The fourth-order valence-corrected chi connectivity index (χ4v) is 1.39. The average molecular weight is 203 g/mol. The lowest BCUT2D eigenvalue weighted by molar-refractivity contribution is 0.0989. The maximum absolute atomic E-state index is 12.6. The van der Waals surface area contributed by atoms with Crippen molar-refractivity contribution in [2.24, 2.45) is 0 Å². The van der Waals surface area contributed by atoms with Gasteiger partial charge in [0.2, 0.25) is 0 Å². The van der Waals surface area contributed by atoms with E-state index < -0.39 is 0 Å². The highest BCUT2D eigenvalue weighted by Gasteiger charge is 2.06. The molecule has 0 unspecified atom stereocenters. The minimum Gasteiger partial charge on any atom is -0.359 e. The second-order valence-corrected chi connectivity index (χ2v) is 3.31. The van der Waals surface area contributed by atoms with Gasteiger partial charge in [-0.15, -0.1) is 0 Å². The number of rotatable bonds is 3. The van der Waals surface area contributed by atoms with Gasteiger partial charge in [0.05, 0.1) is 5.69 Å². The number of hydrogen-bond donors (Lipinski definition) is 1. The van der Waals surface area contributed by atoms with E-state index in [9.17, 15) is 9.18 Å². The number of halogens is 1. The summed E-state index contributed by atoms with van der Waals surface area (Å²) in [5.41, 5.74) is 1.40. The van der Waals surface area contributed by atoms with Crippen LogP contribution < -0.4 is 0 Å². The smallest absolute Gasteiger partial charge is 0.183 e. The first-order valence-corrected chi connectivity index (χ1v) is 4.67. The number of benzene rings is 1. The van der Waals surface area contributed by atoms with Crippen LogP contribution in [0.3, 0.4) is 0 Å². The third-order valence-corrected chi connectivity index (χ3v) is 2.18. The van der Waals surface area contributed by atoms with Gasteiger partial charge in [0.25, 0.3) is 0 Å². The standard InChI is InChI=1S/C12H10FNO/c13-10-5-3-9(4-6-10)8-12(15)11-2-1-7-14-11/h1-7,14H,8H2. The Morgan fingerprint density at radius 2 is 1.93 bits per heavy atom. The molecule has 0 aliphatic carbocycles. The van der Waals surface area contributed by atoms with E-state index in [-0.39, 0.29) is 11.6 Å². The molecular weight excluding hydrogens is 193 g/mol. The molecule has 1 aromatic heterocycles. The van der Waals surface area contributed by atoms with E-state index in [4.69, 9.17) is 0 Å². The summed E-state index contributed by atoms with van der Waals surface area (Å²) in [6.07, 6.45) is 2.00.